The Bertz CT molecular complexity index is 133. The normalized spacial score (nSPS) is 22.2. The minimum Gasteiger partial charge on any atom is -0.327 e. The minimum absolute atomic E-state index is 0.378. The first-order chi connectivity index (χ1) is 6.18. The molecule has 3 heteroatoms. The lowest BCUT2D eigenvalue weighted by molar-refractivity contribution is 0.268. The second kappa shape index (κ2) is 5.89. The summed E-state index contributed by atoms with van der Waals surface area (Å²) in [5, 5.41) is 0. The van der Waals surface area contributed by atoms with E-state index < -0.39 is 0 Å². The SMILES string of the molecule is CC(C)C[C@@H](N)CN1CCSCC1. The first kappa shape index (κ1) is 11.3. The molecule has 1 heterocycles. The lowest BCUT2D eigenvalue weighted by Gasteiger charge is -2.29. The van der Waals surface area contributed by atoms with Crippen molar-refractivity contribution in [2.24, 2.45) is 11.7 Å². The van der Waals surface area contributed by atoms with Gasteiger partial charge < -0.3 is 10.6 Å². The fourth-order valence-corrected chi connectivity index (χ4v) is 2.77. The first-order valence-electron chi connectivity index (χ1n) is 5.24. The summed E-state index contributed by atoms with van der Waals surface area (Å²) in [6.45, 7) is 8.05. The molecule has 0 saturated carbocycles. The lowest BCUT2D eigenvalue weighted by Crippen LogP contribution is -2.42. The molecule has 1 fully saturated rings. The topological polar surface area (TPSA) is 29.3 Å². The summed E-state index contributed by atoms with van der Waals surface area (Å²) in [5.41, 5.74) is 6.06. The Hall–Kier alpha value is 0.270. The number of thioether (sulfide) groups is 1. The Morgan fingerprint density at radius 3 is 2.46 bits per heavy atom. The van der Waals surface area contributed by atoms with Crippen molar-refractivity contribution in [1.82, 2.24) is 4.90 Å². The van der Waals surface area contributed by atoms with Gasteiger partial charge in [0.2, 0.25) is 0 Å². The Labute approximate surface area is 86.2 Å². The molecule has 1 saturated heterocycles. The third-order valence-corrected chi connectivity index (χ3v) is 3.31. The van der Waals surface area contributed by atoms with Crippen molar-refractivity contribution in [1.29, 1.82) is 0 Å². The van der Waals surface area contributed by atoms with E-state index in [1.165, 1.54) is 24.6 Å². The highest BCUT2D eigenvalue weighted by Gasteiger charge is 2.14. The average molecular weight is 202 g/mol. The number of rotatable bonds is 4. The van der Waals surface area contributed by atoms with Crippen LogP contribution in [-0.4, -0.2) is 42.1 Å². The van der Waals surface area contributed by atoms with E-state index in [0.717, 1.165) is 18.9 Å². The van der Waals surface area contributed by atoms with Crippen LogP contribution in [0.15, 0.2) is 0 Å². The molecule has 1 rings (SSSR count). The number of hydrogen-bond acceptors (Lipinski definition) is 3. The van der Waals surface area contributed by atoms with Gasteiger partial charge in [-0.15, -0.1) is 0 Å². The smallest absolute Gasteiger partial charge is 0.0170 e. The van der Waals surface area contributed by atoms with Gasteiger partial charge in [0.15, 0.2) is 0 Å². The number of nitrogens with two attached hydrogens (primary N) is 1. The summed E-state index contributed by atoms with van der Waals surface area (Å²) in [5.74, 6) is 3.30. The molecule has 2 nitrogen and oxygen atoms in total. The van der Waals surface area contributed by atoms with Gasteiger partial charge in [-0.3, -0.25) is 0 Å². The highest BCUT2D eigenvalue weighted by Crippen LogP contribution is 2.11. The van der Waals surface area contributed by atoms with Gasteiger partial charge in [0, 0.05) is 37.2 Å². The molecule has 1 aliphatic rings. The van der Waals surface area contributed by atoms with Gasteiger partial charge in [0.25, 0.3) is 0 Å². The van der Waals surface area contributed by atoms with Gasteiger partial charge in [-0.25, -0.2) is 0 Å². The molecule has 0 aromatic heterocycles. The summed E-state index contributed by atoms with van der Waals surface area (Å²) in [7, 11) is 0. The summed E-state index contributed by atoms with van der Waals surface area (Å²) in [6.07, 6.45) is 1.16. The largest absolute Gasteiger partial charge is 0.327 e. The van der Waals surface area contributed by atoms with Crippen LogP contribution >= 0.6 is 11.8 Å². The average Bonchev–Trinajstić information content (AvgIpc) is 2.04. The predicted molar refractivity (Wildman–Crippen MR) is 61.2 cm³/mol. The highest BCUT2D eigenvalue weighted by atomic mass is 32.2. The van der Waals surface area contributed by atoms with Crippen molar-refractivity contribution in [2.45, 2.75) is 26.3 Å². The van der Waals surface area contributed by atoms with Crippen LogP contribution in [0.5, 0.6) is 0 Å². The van der Waals surface area contributed by atoms with E-state index in [-0.39, 0.29) is 0 Å². The molecule has 0 aromatic carbocycles. The second-order valence-electron chi connectivity index (χ2n) is 4.30. The molecule has 0 aliphatic carbocycles. The zero-order chi connectivity index (χ0) is 9.68. The zero-order valence-corrected chi connectivity index (χ0v) is 9.65. The third-order valence-electron chi connectivity index (χ3n) is 2.37. The maximum Gasteiger partial charge on any atom is 0.0170 e. The third kappa shape index (κ3) is 4.89. The molecule has 1 aliphatic heterocycles. The minimum atomic E-state index is 0.378. The summed E-state index contributed by atoms with van der Waals surface area (Å²) < 4.78 is 0. The maximum atomic E-state index is 6.06. The fraction of sp³-hybridized carbons (Fsp3) is 1.00. The van der Waals surface area contributed by atoms with Crippen LogP contribution < -0.4 is 5.73 Å². The van der Waals surface area contributed by atoms with Crippen LogP contribution in [0.3, 0.4) is 0 Å². The van der Waals surface area contributed by atoms with E-state index in [1.807, 2.05) is 0 Å². The van der Waals surface area contributed by atoms with E-state index in [0.29, 0.717) is 6.04 Å². The molecular weight excluding hydrogens is 180 g/mol. The molecule has 78 valence electrons. The molecule has 0 unspecified atom stereocenters. The Kier molecular flexibility index (Phi) is 5.14. The van der Waals surface area contributed by atoms with Gasteiger partial charge in [-0.1, -0.05) is 13.8 Å². The van der Waals surface area contributed by atoms with Crippen LogP contribution in [0.2, 0.25) is 0 Å². The Morgan fingerprint density at radius 2 is 1.92 bits per heavy atom. The van der Waals surface area contributed by atoms with Gasteiger partial charge in [-0.2, -0.15) is 11.8 Å². The second-order valence-corrected chi connectivity index (χ2v) is 5.53. The van der Waals surface area contributed by atoms with E-state index in [4.69, 9.17) is 5.73 Å². The van der Waals surface area contributed by atoms with Crippen molar-refractivity contribution in [3.05, 3.63) is 0 Å². The predicted octanol–water partition coefficient (Wildman–Crippen LogP) is 1.41. The van der Waals surface area contributed by atoms with Crippen molar-refractivity contribution in [3.8, 4) is 0 Å². The van der Waals surface area contributed by atoms with E-state index in [1.54, 1.807) is 0 Å². The molecule has 0 radical (unpaired) electrons. The molecule has 13 heavy (non-hydrogen) atoms. The monoisotopic (exact) mass is 202 g/mol. The van der Waals surface area contributed by atoms with Crippen molar-refractivity contribution in [2.75, 3.05) is 31.1 Å². The van der Waals surface area contributed by atoms with Crippen molar-refractivity contribution >= 4 is 11.8 Å². The van der Waals surface area contributed by atoms with Crippen LogP contribution in [0.25, 0.3) is 0 Å². The molecule has 2 N–H and O–H groups in total. The van der Waals surface area contributed by atoms with Gasteiger partial charge in [0.1, 0.15) is 0 Å². The van der Waals surface area contributed by atoms with Crippen LogP contribution in [0.1, 0.15) is 20.3 Å². The highest BCUT2D eigenvalue weighted by molar-refractivity contribution is 7.99. The molecule has 0 bridgehead atoms. The Morgan fingerprint density at radius 1 is 1.31 bits per heavy atom. The quantitative estimate of drug-likeness (QED) is 0.747. The van der Waals surface area contributed by atoms with Gasteiger partial charge in [0.05, 0.1) is 0 Å². The van der Waals surface area contributed by atoms with Gasteiger partial charge >= 0.3 is 0 Å². The number of nitrogens with zero attached hydrogens (tertiary/aromatic N) is 1. The summed E-state index contributed by atoms with van der Waals surface area (Å²) in [6, 6.07) is 0.378. The zero-order valence-electron chi connectivity index (χ0n) is 8.83. The Balaban J connectivity index is 2.14. The number of hydrogen-bond donors (Lipinski definition) is 1. The van der Waals surface area contributed by atoms with Crippen LogP contribution in [-0.2, 0) is 0 Å². The first-order valence-corrected chi connectivity index (χ1v) is 6.39. The molecule has 0 aromatic rings. The summed E-state index contributed by atoms with van der Waals surface area (Å²) >= 11 is 2.06. The van der Waals surface area contributed by atoms with E-state index in [2.05, 4.69) is 30.5 Å². The maximum absolute atomic E-state index is 6.06. The van der Waals surface area contributed by atoms with E-state index in [9.17, 15) is 0 Å². The molecule has 0 spiro atoms. The van der Waals surface area contributed by atoms with Crippen LogP contribution in [0, 0.1) is 5.92 Å². The van der Waals surface area contributed by atoms with Crippen molar-refractivity contribution < 1.29 is 0 Å². The summed E-state index contributed by atoms with van der Waals surface area (Å²) in [4.78, 5) is 2.50. The fourth-order valence-electron chi connectivity index (χ4n) is 1.80. The van der Waals surface area contributed by atoms with Gasteiger partial charge in [-0.05, 0) is 12.3 Å². The molecular formula is C10H22N2S. The van der Waals surface area contributed by atoms with E-state index >= 15 is 0 Å². The lowest BCUT2D eigenvalue weighted by atomic mass is 10.0. The standard InChI is InChI=1S/C10H22N2S/c1-9(2)7-10(11)8-12-3-5-13-6-4-12/h9-10H,3-8,11H2,1-2H3/t10-/m1/s1. The van der Waals surface area contributed by atoms with Crippen LogP contribution in [0.4, 0.5) is 0 Å². The molecule has 1 atom stereocenters. The van der Waals surface area contributed by atoms with Crippen molar-refractivity contribution in [3.63, 3.8) is 0 Å². The molecule has 0 amide bonds.